The first kappa shape index (κ1) is 14.6. The van der Waals surface area contributed by atoms with Crippen molar-refractivity contribution in [1.29, 1.82) is 0 Å². The van der Waals surface area contributed by atoms with Crippen LogP contribution in [0.5, 0.6) is 5.75 Å². The third-order valence-electron chi connectivity index (χ3n) is 4.50. The number of ether oxygens (including phenoxy) is 1. The average molecular weight is 298 g/mol. The lowest BCUT2D eigenvalue weighted by atomic mass is 9.82. The van der Waals surface area contributed by atoms with Crippen LogP contribution in [0.2, 0.25) is 0 Å². The standard InChI is InChI=1S/C18H18O4/c1-9-6-10(2)13-8-14-15(19)5-4-12(7-16(20)21)18(14)22-17(13)11(9)3/h4-6,14H,7-8H2,1-3H3,(H,20,21). The minimum absolute atomic E-state index is 0.0209. The summed E-state index contributed by atoms with van der Waals surface area (Å²) >= 11 is 0. The smallest absolute Gasteiger partial charge is 0.307 e. The van der Waals surface area contributed by atoms with E-state index in [0.717, 1.165) is 28.0 Å². The van der Waals surface area contributed by atoms with Crippen molar-refractivity contribution in [2.24, 2.45) is 5.92 Å². The summed E-state index contributed by atoms with van der Waals surface area (Å²) < 4.78 is 6.06. The van der Waals surface area contributed by atoms with E-state index in [0.29, 0.717) is 17.8 Å². The maximum atomic E-state index is 12.2. The number of carbonyl (C=O) groups is 2. The number of ketones is 1. The van der Waals surface area contributed by atoms with Crippen LogP contribution in [0.1, 0.15) is 28.7 Å². The molecule has 1 aliphatic heterocycles. The predicted octanol–water partition coefficient (Wildman–Crippen LogP) is 3.03. The zero-order chi connectivity index (χ0) is 16.0. The van der Waals surface area contributed by atoms with Gasteiger partial charge in [0.15, 0.2) is 5.78 Å². The fourth-order valence-electron chi connectivity index (χ4n) is 3.18. The molecule has 0 aromatic heterocycles. The van der Waals surface area contributed by atoms with Crippen molar-refractivity contribution >= 4 is 11.8 Å². The number of allylic oxidation sites excluding steroid dienone is 3. The first-order valence-electron chi connectivity index (χ1n) is 7.32. The fourth-order valence-corrected chi connectivity index (χ4v) is 3.18. The third-order valence-corrected chi connectivity index (χ3v) is 4.50. The Morgan fingerprint density at radius 2 is 2.00 bits per heavy atom. The summed E-state index contributed by atoms with van der Waals surface area (Å²) in [5.41, 5.74) is 4.92. The van der Waals surface area contributed by atoms with Crippen LogP contribution in [0.3, 0.4) is 0 Å². The van der Waals surface area contributed by atoms with Crippen molar-refractivity contribution in [3.8, 4) is 5.75 Å². The van der Waals surface area contributed by atoms with Gasteiger partial charge in [0.1, 0.15) is 11.5 Å². The number of rotatable bonds is 2. The second-order valence-corrected chi connectivity index (χ2v) is 6.00. The Hall–Kier alpha value is -2.36. The molecule has 1 heterocycles. The zero-order valence-corrected chi connectivity index (χ0v) is 12.9. The van der Waals surface area contributed by atoms with E-state index in [1.165, 1.54) is 6.08 Å². The number of carboxylic acid groups (broad SMARTS) is 1. The summed E-state index contributed by atoms with van der Waals surface area (Å²) in [5.74, 6) is -0.0443. The van der Waals surface area contributed by atoms with Crippen LogP contribution in [0.4, 0.5) is 0 Å². The van der Waals surface area contributed by atoms with Crippen molar-refractivity contribution in [3.63, 3.8) is 0 Å². The highest BCUT2D eigenvalue weighted by Gasteiger charge is 2.35. The number of fused-ring (bicyclic) bond motifs is 2. The van der Waals surface area contributed by atoms with Gasteiger partial charge in [0.25, 0.3) is 0 Å². The van der Waals surface area contributed by atoms with E-state index in [1.54, 1.807) is 6.08 Å². The topological polar surface area (TPSA) is 63.6 Å². The quantitative estimate of drug-likeness (QED) is 0.911. The Bertz CT molecular complexity index is 753. The fraction of sp³-hybridized carbons (Fsp3) is 0.333. The summed E-state index contributed by atoms with van der Waals surface area (Å²) in [6.07, 6.45) is 3.49. The molecule has 4 nitrogen and oxygen atoms in total. The molecule has 1 atom stereocenters. The summed E-state index contributed by atoms with van der Waals surface area (Å²) in [6, 6.07) is 2.10. The van der Waals surface area contributed by atoms with E-state index in [2.05, 4.69) is 6.07 Å². The van der Waals surface area contributed by atoms with Crippen molar-refractivity contribution in [1.82, 2.24) is 0 Å². The van der Waals surface area contributed by atoms with Crippen molar-refractivity contribution in [2.45, 2.75) is 33.6 Å². The molecule has 0 radical (unpaired) electrons. The van der Waals surface area contributed by atoms with Crippen LogP contribution < -0.4 is 4.74 Å². The highest BCUT2D eigenvalue weighted by atomic mass is 16.5. The van der Waals surface area contributed by atoms with Crippen LogP contribution in [-0.4, -0.2) is 16.9 Å². The van der Waals surface area contributed by atoms with Crippen LogP contribution in [0, 0.1) is 26.7 Å². The molecule has 0 saturated carbocycles. The van der Waals surface area contributed by atoms with Gasteiger partial charge in [-0.15, -0.1) is 0 Å². The summed E-state index contributed by atoms with van der Waals surface area (Å²) in [6.45, 7) is 6.03. The number of aliphatic carboxylic acids is 1. The van der Waals surface area contributed by atoms with Gasteiger partial charge in [0, 0.05) is 5.57 Å². The van der Waals surface area contributed by atoms with Crippen LogP contribution in [0.15, 0.2) is 29.6 Å². The number of carboxylic acids is 1. The van der Waals surface area contributed by atoms with E-state index in [-0.39, 0.29) is 12.2 Å². The Morgan fingerprint density at radius 1 is 1.27 bits per heavy atom. The molecule has 0 amide bonds. The molecule has 0 spiro atoms. The van der Waals surface area contributed by atoms with E-state index < -0.39 is 11.9 Å². The van der Waals surface area contributed by atoms with Crippen molar-refractivity contribution < 1.29 is 19.4 Å². The van der Waals surface area contributed by atoms with Crippen LogP contribution >= 0.6 is 0 Å². The molecule has 0 fully saturated rings. The zero-order valence-electron chi connectivity index (χ0n) is 12.9. The number of hydrogen-bond donors (Lipinski definition) is 1. The Kier molecular flexibility index (Phi) is 3.39. The lowest BCUT2D eigenvalue weighted by molar-refractivity contribution is -0.136. The first-order valence-corrected chi connectivity index (χ1v) is 7.32. The maximum absolute atomic E-state index is 12.2. The van der Waals surface area contributed by atoms with E-state index in [4.69, 9.17) is 9.84 Å². The minimum atomic E-state index is -0.924. The number of carbonyl (C=O) groups excluding carboxylic acids is 1. The monoisotopic (exact) mass is 298 g/mol. The Labute approximate surface area is 129 Å². The van der Waals surface area contributed by atoms with Gasteiger partial charge < -0.3 is 9.84 Å². The maximum Gasteiger partial charge on any atom is 0.307 e. The molecule has 1 aromatic rings. The van der Waals surface area contributed by atoms with Crippen LogP contribution in [-0.2, 0) is 16.0 Å². The van der Waals surface area contributed by atoms with Crippen molar-refractivity contribution in [3.05, 3.63) is 51.8 Å². The van der Waals surface area contributed by atoms with Gasteiger partial charge in [0.05, 0.1) is 12.3 Å². The molecule has 22 heavy (non-hydrogen) atoms. The first-order chi connectivity index (χ1) is 10.4. The Morgan fingerprint density at radius 3 is 2.68 bits per heavy atom. The number of benzene rings is 1. The lowest BCUT2D eigenvalue weighted by Gasteiger charge is -2.32. The van der Waals surface area contributed by atoms with Gasteiger partial charge in [-0.2, -0.15) is 0 Å². The summed E-state index contributed by atoms with van der Waals surface area (Å²) in [5, 5.41) is 9.05. The van der Waals surface area contributed by atoms with E-state index in [1.807, 2.05) is 20.8 Å². The molecule has 1 aromatic carbocycles. The predicted molar refractivity (Wildman–Crippen MR) is 81.9 cm³/mol. The van der Waals surface area contributed by atoms with E-state index in [9.17, 15) is 9.59 Å². The highest BCUT2D eigenvalue weighted by molar-refractivity contribution is 5.96. The SMILES string of the molecule is Cc1cc(C)c2c(c1C)OC1=C(CC(=O)O)C=CC(=O)C1C2. The van der Waals surface area contributed by atoms with Gasteiger partial charge >= 0.3 is 5.97 Å². The molecule has 2 aliphatic rings. The molecule has 3 rings (SSSR count). The summed E-state index contributed by atoms with van der Waals surface area (Å²) in [7, 11) is 0. The number of aryl methyl sites for hydroxylation is 2. The van der Waals surface area contributed by atoms with Crippen LogP contribution in [0.25, 0.3) is 0 Å². The van der Waals surface area contributed by atoms with Crippen molar-refractivity contribution in [2.75, 3.05) is 0 Å². The summed E-state index contributed by atoms with van der Waals surface area (Å²) in [4.78, 5) is 23.2. The normalized spacial score (nSPS) is 19.6. The molecular formula is C18H18O4. The van der Waals surface area contributed by atoms with Gasteiger partial charge in [0.2, 0.25) is 0 Å². The van der Waals surface area contributed by atoms with Gasteiger partial charge in [-0.25, -0.2) is 0 Å². The molecule has 4 heteroatoms. The average Bonchev–Trinajstić information content (AvgIpc) is 2.46. The highest BCUT2D eigenvalue weighted by Crippen LogP contribution is 2.42. The molecule has 0 bridgehead atoms. The molecule has 114 valence electrons. The second kappa shape index (κ2) is 5.13. The lowest BCUT2D eigenvalue weighted by Crippen LogP contribution is -2.30. The van der Waals surface area contributed by atoms with Gasteiger partial charge in [-0.05, 0) is 55.5 Å². The Balaban J connectivity index is 2.15. The molecule has 1 N–H and O–H groups in total. The number of hydrogen-bond acceptors (Lipinski definition) is 3. The largest absolute Gasteiger partial charge is 0.481 e. The van der Waals surface area contributed by atoms with E-state index >= 15 is 0 Å². The van der Waals surface area contributed by atoms with Gasteiger partial charge in [-0.3, -0.25) is 9.59 Å². The molecule has 1 unspecified atom stereocenters. The molecule has 1 aliphatic carbocycles. The molecule has 0 saturated heterocycles. The van der Waals surface area contributed by atoms with Gasteiger partial charge in [-0.1, -0.05) is 12.1 Å². The minimum Gasteiger partial charge on any atom is -0.481 e. The molecular weight excluding hydrogens is 280 g/mol. The third kappa shape index (κ3) is 2.25. The second-order valence-electron chi connectivity index (χ2n) is 6.00.